The molecule has 6 nitrogen and oxygen atoms in total. The lowest BCUT2D eigenvalue weighted by Gasteiger charge is -2.20. The minimum atomic E-state index is 0.571. The Hall–Kier alpha value is -1.73. The van der Waals surface area contributed by atoms with Gasteiger partial charge in [-0.2, -0.15) is 0 Å². The van der Waals surface area contributed by atoms with Crippen molar-refractivity contribution in [2.45, 2.75) is 13.8 Å². The molecule has 0 aliphatic heterocycles. The number of nitrogen functional groups attached to an aromatic ring is 1. The van der Waals surface area contributed by atoms with Crippen molar-refractivity contribution in [3.63, 3.8) is 0 Å². The van der Waals surface area contributed by atoms with Crippen molar-refractivity contribution in [3.05, 3.63) is 17.5 Å². The standard InChI is InChI=1S/C14H22N6S/c1-9-8-11(12-10(2)17-13(15)21-12)18-14(16-9)20(5)7-6-19(3)4/h8H,6-7H2,1-5H3,(H2,15,17). The molecule has 0 aliphatic rings. The van der Waals surface area contributed by atoms with Crippen LogP contribution in [0, 0.1) is 13.8 Å². The van der Waals surface area contributed by atoms with Crippen LogP contribution in [0.2, 0.25) is 0 Å². The lowest BCUT2D eigenvalue weighted by molar-refractivity contribution is 0.415. The van der Waals surface area contributed by atoms with E-state index in [0.717, 1.165) is 41.0 Å². The first-order valence-electron chi connectivity index (χ1n) is 6.81. The fraction of sp³-hybridized carbons (Fsp3) is 0.500. The van der Waals surface area contributed by atoms with Crippen molar-refractivity contribution in [1.82, 2.24) is 19.9 Å². The van der Waals surface area contributed by atoms with Crippen LogP contribution in [0.3, 0.4) is 0 Å². The number of hydrogen-bond acceptors (Lipinski definition) is 7. The maximum atomic E-state index is 5.78. The van der Waals surface area contributed by atoms with Crippen LogP contribution in [0.4, 0.5) is 11.1 Å². The lowest BCUT2D eigenvalue weighted by atomic mass is 10.2. The van der Waals surface area contributed by atoms with Gasteiger partial charge in [-0.05, 0) is 34.0 Å². The number of rotatable bonds is 5. The van der Waals surface area contributed by atoms with Gasteiger partial charge in [-0.1, -0.05) is 11.3 Å². The van der Waals surface area contributed by atoms with Crippen molar-refractivity contribution in [2.24, 2.45) is 0 Å². The Bertz CT molecular complexity index is 622. The summed E-state index contributed by atoms with van der Waals surface area (Å²) in [5.41, 5.74) is 8.53. The van der Waals surface area contributed by atoms with Gasteiger partial charge >= 0.3 is 0 Å². The third kappa shape index (κ3) is 3.89. The van der Waals surface area contributed by atoms with E-state index in [-0.39, 0.29) is 0 Å². The molecule has 2 N–H and O–H groups in total. The minimum Gasteiger partial charge on any atom is -0.375 e. The Morgan fingerprint density at radius 3 is 2.38 bits per heavy atom. The molecule has 0 spiro atoms. The van der Waals surface area contributed by atoms with Crippen LogP contribution >= 0.6 is 11.3 Å². The van der Waals surface area contributed by atoms with Crippen molar-refractivity contribution in [3.8, 4) is 10.6 Å². The molecule has 0 amide bonds. The predicted molar refractivity (Wildman–Crippen MR) is 88.9 cm³/mol. The van der Waals surface area contributed by atoms with E-state index >= 15 is 0 Å². The van der Waals surface area contributed by atoms with Crippen LogP contribution < -0.4 is 10.6 Å². The molecule has 114 valence electrons. The summed E-state index contributed by atoms with van der Waals surface area (Å²) < 4.78 is 0. The summed E-state index contributed by atoms with van der Waals surface area (Å²) in [4.78, 5) is 18.7. The summed E-state index contributed by atoms with van der Waals surface area (Å²) in [5, 5.41) is 0.571. The summed E-state index contributed by atoms with van der Waals surface area (Å²) in [6, 6.07) is 1.98. The minimum absolute atomic E-state index is 0.571. The molecule has 0 radical (unpaired) electrons. The van der Waals surface area contributed by atoms with Crippen LogP contribution in [-0.2, 0) is 0 Å². The first-order chi connectivity index (χ1) is 9.86. The third-order valence-corrected chi connectivity index (χ3v) is 4.12. The maximum absolute atomic E-state index is 5.78. The van der Waals surface area contributed by atoms with Crippen molar-refractivity contribution < 1.29 is 0 Å². The average molecular weight is 306 g/mol. The van der Waals surface area contributed by atoms with E-state index in [1.165, 1.54) is 11.3 Å². The molecule has 2 aromatic heterocycles. The molecule has 0 aliphatic carbocycles. The smallest absolute Gasteiger partial charge is 0.225 e. The lowest BCUT2D eigenvalue weighted by Crippen LogP contribution is -2.29. The molecule has 0 unspecified atom stereocenters. The van der Waals surface area contributed by atoms with Gasteiger partial charge in [0, 0.05) is 25.8 Å². The molecule has 21 heavy (non-hydrogen) atoms. The van der Waals surface area contributed by atoms with Crippen molar-refractivity contribution in [1.29, 1.82) is 0 Å². The molecule has 2 aromatic rings. The molecule has 0 atom stereocenters. The molecule has 0 saturated heterocycles. The number of hydrogen-bond donors (Lipinski definition) is 1. The Morgan fingerprint density at radius 2 is 1.81 bits per heavy atom. The van der Waals surface area contributed by atoms with E-state index in [2.05, 4.69) is 38.8 Å². The van der Waals surface area contributed by atoms with E-state index in [9.17, 15) is 0 Å². The van der Waals surface area contributed by atoms with Gasteiger partial charge in [0.25, 0.3) is 0 Å². The van der Waals surface area contributed by atoms with E-state index < -0.39 is 0 Å². The zero-order valence-corrected chi connectivity index (χ0v) is 14.0. The second-order valence-electron chi connectivity index (χ2n) is 5.39. The zero-order valence-electron chi connectivity index (χ0n) is 13.2. The molecular weight excluding hydrogens is 284 g/mol. The maximum Gasteiger partial charge on any atom is 0.225 e. The van der Waals surface area contributed by atoms with Crippen molar-refractivity contribution >= 4 is 22.4 Å². The number of likely N-dealkylation sites (N-methyl/N-ethyl adjacent to an activating group) is 2. The second kappa shape index (κ2) is 6.36. The SMILES string of the molecule is Cc1cc(-c2sc(N)nc2C)nc(N(C)CCN(C)C)n1. The van der Waals surface area contributed by atoms with Gasteiger partial charge in [0.2, 0.25) is 5.95 Å². The number of thiazole rings is 1. The van der Waals surface area contributed by atoms with Gasteiger partial charge in [-0.25, -0.2) is 15.0 Å². The molecular formula is C14H22N6S. The van der Waals surface area contributed by atoms with Gasteiger partial charge in [0.1, 0.15) is 0 Å². The summed E-state index contributed by atoms with van der Waals surface area (Å²) in [6.07, 6.45) is 0. The van der Waals surface area contributed by atoms with Crippen LogP contribution in [0.5, 0.6) is 0 Å². The zero-order chi connectivity index (χ0) is 15.6. The van der Waals surface area contributed by atoms with Gasteiger partial charge in [0.05, 0.1) is 16.3 Å². The molecule has 0 bridgehead atoms. The monoisotopic (exact) mass is 306 g/mol. The fourth-order valence-corrected chi connectivity index (χ4v) is 2.74. The molecule has 7 heteroatoms. The van der Waals surface area contributed by atoms with E-state index in [4.69, 9.17) is 5.73 Å². The first kappa shape index (κ1) is 15.7. The highest BCUT2D eigenvalue weighted by Crippen LogP contribution is 2.30. The van der Waals surface area contributed by atoms with E-state index in [0.29, 0.717) is 5.13 Å². The van der Waals surface area contributed by atoms with Gasteiger partial charge in [-0.15, -0.1) is 0 Å². The summed E-state index contributed by atoms with van der Waals surface area (Å²) in [5.74, 6) is 0.734. The topological polar surface area (TPSA) is 71.2 Å². The Kier molecular flexibility index (Phi) is 4.74. The number of anilines is 2. The number of aromatic nitrogens is 3. The number of nitrogens with two attached hydrogens (primary N) is 1. The molecule has 2 heterocycles. The van der Waals surface area contributed by atoms with Crippen LogP contribution in [-0.4, -0.2) is 54.1 Å². The molecule has 0 fully saturated rings. The summed E-state index contributed by atoms with van der Waals surface area (Å²) in [6.45, 7) is 5.76. The van der Waals surface area contributed by atoms with E-state index in [1.54, 1.807) is 0 Å². The van der Waals surface area contributed by atoms with Crippen LogP contribution in [0.25, 0.3) is 10.6 Å². The average Bonchev–Trinajstić information content (AvgIpc) is 2.74. The largest absolute Gasteiger partial charge is 0.375 e. The Morgan fingerprint density at radius 1 is 1.10 bits per heavy atom. The quantitative estimate of drug-likeness (QED) is 0.908. The fourth-order valence-electron chi connectivity index (χ4n) is 1.94. The molecule has 0 aromatic carbocycles. The highest BCUT2D eigenvalue weighted by Gasteiger charge is 2.13. The first-order valence-corrected chi connectivity index (χ1v) is 7.63. The summed E-state index contributed by atoms with van der Waals surface area (Å²) >= 11 is 1.46. The van der Waals surface area contributed by atoms with Crippen LogP contribution in [0.15, 0.2) is 6.07 Å². The van der Waals surface area contributed by atoms with Gasteiger partial charge in [-0.3, -0.25) is 0 Å². The van der Waals surface area contributed by atoms with Gasteiger partial charge < -0.3 is 15.5 Å². The van der Waals surface area contributed by atoms with Crippen molar-refractivity contribution in [2.75, 3.05) is 44.9 Å². The normalized spacial score (nSPS) is 11.1. The highest BCUT2D eigenvalue weighted by molar-refractivity contribution is 7.18. The highest BCUT2D eigenvalue weighted by atomic mass is 32.1. The van der Waals surface area contributed by atoms with Crippen LogP contribution in [0.1, 0.15) is 11.4 Å². The van der Waals surface area contributed by atoms with E-state index in [1.807, 2.05) is 27.0 Å². The molecule has 0 saturated carbocycles. The molecule has 2 rings (SSSR count). The number of aryl methyl sites for hydroxylation is 2. The Balaban J connectivity index is 2.31. The number of nitrogens with zero attached hydrogens (tertiary/aromatic N) is 5. The third-order valence-electron chi connectivity index (χ3n) is 3.11. The summed E-state index contributed by atoms with van der Waals surface area (Å²) in [7, 11) is 6.12. The Labute approximate surface area is 129 Å². The predicted octanol–water partition coefficient (Wildman–Crippen LogP) is 1.80. The van der Waals surface area contributed by atoms with Gasteiger partial charge in [0.15, 0.2) is 5.13 Å². The second-order valence-corrected chi connectivity index (χ2v) is 6.42.